The minimum atomic E-state index is -1.39. The molecule has 0 bridgehead atoms. The van der Waals surface area contributed by atoms with Crippen molar-refractivity contribution in [1.82, 2.24) is 21.3 Å². The number of aliphatic hydroxyl groups excluding tert-OH is 1. The van der Waals surface area contributed by atoms with Crippen molar-refractivity contribution in [1.29, 1.82) is 0 Å². The Balaban J connectivity index is 2.72. The Labute approximate surface area is 285 Å². The third-order valence-corrected chi connectivity index (χ3v) is 6.24. The molecule has 2 heterocycles. The number of rotatable bonds is 10. The Bertz CT molecular complexity index is 1220. The first-order valence-corrected chi connectivity index (χ1v) is 15.9. The molecule has 1 fully saturated rings. The summed E-state index contributed by atoms with van der Waals surface area (Å²) < 4.78 is 39.5. The summed E-state index contributed by atoms with van der Waals surface area (Å²) in [6.45, 7) is 15.7. The van der Waals surface area contributed by atoms with Gasteiger partial charge in [-0.3, -0.25) is 15.4 Å². The number of esters is 1. The van der Waals surface area contributed by atoms with Gasteiger partial charge in [-0.05, 0) is 74.8 Å². The van der Waals surface area contributed by atoms with Gasteiger partial charge in [0.25, 0.3) is 0 Å². The highest BCUT2D eigenvalue weighted by Crippen LogP contribution is 2.32. The molecule has 2 aliphatic rings. The standard InChI is InChI=1S/C31H51N5O13/c1-11-43-24(39)19-15-18(34-25(35-27(41)48-29(3,4)5)36-28(42)49-30(6,7)8)21(33-17(2)38)23(45-19)22(20-16-44-31(9,10)47-20)46-26(40)32-13-12-14-37/h15,18,20-23,37H,11-14,16H2,1-10H3,(H,32,40)(H,33,38)(H2,34,35,36,41,42)/t18-,20+,21+,22+,23+/m0/s1. The summed E-state index contributed by atoms with van der Waals surface area (Å²) in [4.78, 5) is 68.8. The molecule has 0 aromatic heterocycles. The summed E-state index contributed by atoms with van der Waals surface area (Å²) in [6, 6.07) is -2.52. The zero-order valence-corrected chi connectivity index (χ0v) is 29.8. The van der Waals surface area contributed by atoms with Gasteiger partial charge in [0.05, 0.1) is 25.3 Å². The van der Waals surface area contributed by atoms with Crippen molar-refractivity contribution < 1.29 is 62.2 Å². The van der Waals surface area contributed by atoms with Crippen molar-refractivity contribution >= 4 is 36.1 Å². The number of hydrogen-bond acceptors (Lipinski definition) is 14. The Morgan fingerprint density at radius 2 is 1.61 bits per heavy atom. The highest BCUT2D eigenvalue weighted by Gasteiger charge is 2.50. The van der Waals surface area contributed by atoms with E-state index in [1.165, 1.54) is 13.0 Å². The highest BCUT2D eigenvalue weighted by molar-refractivity contribution is 6.01. The maximum atomic E-state index is 13.1. The quantitative estimate of drug-likeness (QED) is 0.0719. The summed E-state index contributed by atoms with van der Waals surface area (Å²) in [5.74, 6) is -3.42. The predicted molar refractivity (Wildman–Crippen MR) is 172 cm³/mol. The molecule has 0 unspecified atom stereocenters. The number of alkyl carbamates (subject to hydrolysis) is 3. The van der Waals surface area contributed by atoms with Crippen LogP contribution in [-0.4, -0.2) is 115 Å². The Morgan fingerprint density at radius 1 is 1.02 bits per heavy atom. The molecular weight excluding hydrogens is 650 g/mol. The molecule has 0 aliphatic carbocycles. The van der Waals surface area contributed by atoms with E-state index in [0.717, 1.165) is 0 Å². The van der Waals surface area contributed by atoms with Crippen LogP contribution in [0.1, 0.15) is 75.7 Å². The third-order valence-electron chi connectivity index (χ3n) is 6.24. The number of aliphatic hydroxyl groups is 1. The number of guanidine groups is 1. The summed E-state index contributed by atoms with van der Waals surface area (Å²) in [5.41, 5.74) is -1.86. The van der Waals surface area contributed by atoms with E-state index in [1.54, 1.807) is 62.3 Å². The van der Waals surface area contributed by atoms with Gasteiger partial charge in [-0.2, -0.15) is 0 Å². The van der Waals surface area contributed by atoms with Crippen molar-refractivity contribution in [3.8, 4) is 0 Å². The van der Waals surface area contributed by atoms with Crippen LogP contribution < -0.4 is 21.3 Å². The number of carbonyl (C=O) groups is 5. The number of ether oxygens (including phenoxy) is 7. The van der Waals surface area contributed by atoms with Crippen LogP contribution in [0.5, 0.6) is 0 Å². The molecule has 5 N–H and O–H groups in total. The molecule has 4 amide bonds. The molecule has 0 spiro atoms. The fraction of sp³-hybridized carbons (Fsp3) is 0.742. The summed E-state index contributed by atoms with van der Waals surface area (Å²) >= 11 is 0. The molecule has 0 radical (unpaired) electrons. The van der Waals surface area contributed by atoms with Crippen LogP contribution in [0.4, 0.5) is 14.4 Å². The summed E-state index contributed by atoms with van der Waals surface area (Å²) in [7, 11) is 0. The third kappa shape index (κ3) is 14.5. The number of carbonyl (C=O) groups excluding carboxylic acids is 5. The SMILES string of the molecule is CCOC(=O)C1=C[C@H](N=C(NC(=O)OC(C)(C)C)NC(=O)OC(C)(C)C)[C@@H](NC(C)=O)[C@H]([C@H](OC(=O)NCCCO)[C@H]2COC(C)(C)O2)O1. The van der Waals surface area contributed by atoms with Crippen molar-refractivity contribution in [2.45, 2.75) is 123 Å². The van der Waals surface area contributed by atoms with Gasteiger partial charge in [0.2, 0.25) is 17.6 Å². The second-order valence-electron chi connectivity index (χ2n) is 13.5. The predicted octanol–water partition coefficient (Wildman–Crippen LogP) is 1.74. The van der Waals surface area contributed by atoms with Crippen LogP contribution >= 0.6 is 0 Å². The zero-order chi connectivity index (χ0) is 37.2. The van der Waals surface area contributed by atoms with E-state index >= 15 is 0 Å². The number of nitrogens with one attached hydrogen (secondary N) is 4. The Morgan fingerprint density at radius 3 is 2.08 bits per heavy atom. The number of aliphatic imine (C=N–C) groups is 1. The number of amides is 4. The summed E-state index contributed by atoms with van der Waals surface area (Å²) in [5, 5.41) is 19.1. The fourth-order valence-electron chi connectivity index (χ4n) is 4.53. The molecule has 0 aromatic rings. The lowest BCUT2D eigenvalue weighted by molar-refractivity contribution is -0.170. The first-order chi connectivity index (χ1) is 22.6. The maximum absolute atomic E-state index is 13.1. The van der Waals surface area contributed by atoms with E-state index in [4.69, 9.17) is 38.3 Å². The second kappa shape index (κ2) is 17.5. The molecule has 18 nitrogen and oxygen atoms in total. The van der Waals surface area contributed by atoms with Gasteiger partial charge >= 0.3 is 24.2 Å². The lowest BCUT2D eigenvalue weighted by Crippen LogP contribution is -2.61. The summed E-state index contributed by atoms with van der Waals surface area (Å²) in [6.07, 6.45) is -5.16. The Hall–Kier alpha value is -4.16. The van der Waals surface area contributed by atoms with Gasteiger partial charge in [0, 0.05) is 20.1 Å². The first-order valence-electron chi connectivity index (χ1n) is 15.9. The minimum absolute atomic E-state index is 0.0279. The molecule has 0 saturated carbocycles. The van der Waals surface area contributed by atoms with Crippen LogP contribution in [0.2, 0.25) is 0 Å². The van der Waals surface area contributed by atoms with Crippen LogP contribution in [0.3, 0.4) is 0 Å². The van der Waals surface area contributed by atoms with E-state index < -0.39 is 83.5 Å². The van der Waals surface area contributed by atoms with Gasteiger partial charge in [0.1, 0.15) is 17.3 Å². The van der Waals surface area contributed by atoms with Crippen molar-refractivity contribution in [3.05, 3.63) is 11.8 Å². The smallest absolute Gasteiger partial charge is 0.414 e. The second-order valence-corrected chi connectivity index (χ2v) is 13.5. The molecule has 49 heavy (non-hydrogen) atoms. The monoisotopic (exact) mass is 701 g/mol. The van der Waals surface area contributed by atoms with Crippen LogP contribution in [0.15, 0.2) is 16.8 Å². The van der Waals surface area contributed by atoms with Gasteiger partial charge in [-0.15, -0.1) is 0 Å². The largest absolute Gasteiger partial charge is 0.477 e. The molecule has 1 saturated heterocycles. The minimum Gasteiger partial charge on any atom is -0.477 e. The van der Waals surface area contributed by atoms with Gasteiger partial charge in [-0.1, -0.05) is 0 Å². The topological polar surface area (TPSA) is 231 Å². The normalized spacial score (nSPS) is 22.2. The highest BCUT2D eigenvalue weighted by atomic mass is 16.8. The van der Waals surface area contributed by atoms with E-state index in [2.05, 4.69) is 26.3 Å². The molecule has 5 atom stereocenters. The number of nitrogens with zero attached hydrogens (tertiary/aromatic N) is 1. The van der Waals surface area contributed by atoms with Crippen LogP contribution in [0.25, 0.3) is 0 Å². The maximum Gasteiger partial charge on any atom is 0.414 e. The average molecular weight is 702 g/mol. The molecular formula is C31H51N5O13. The van der Waals surface area contributed by atoms with Crippen LogP contribution in [-0.2, 0) is 42.7 Å². The van der Waals surface area contributed by atoms with Crippen molar-refractivity contribution in [3.63, 3.8) is 0 Å². The van der Waals surface area contributed by atoms with E-state index in [9.17, 15) is 24.0 Å². The molecule has 278 valence electrons. The van der Waals surface area contributed by atoms with Gasteiger partial charge in [-0.25, -0.2) is 24.2 Å². The van der Waals surface area contributed by atoms with E-state index in [-0.39, 0.29) is 38.5 Å². The van der Waals surface area contributed by atoms with Crippen molar-refractivity contribution in [2.24, 2.45) is 4.99 Å². The molecule has 0 aromatic carbocycles. The molecule has 18 heteroatoms. The average Bonchev–Trinajstić information content (AvgIpc) is 3.29. The molecule has 2 aliphatic heterocycles. The molecule has 2 rings (SSSR count). The lowest BCUT2D eigenvalue weighted by atomic mass is 9.92. The van der Waals surface area contributed by atoms with E-state index in [1.807, 2.05) is 0 Å². The van der Waals surface area contributed by atoms with Gasteiger partial charge < -0.3 is 48.9 Å². The number of hydrogen-bond donors (Lipinski definition) is 5. The van der Waals surface area contributed by atoms with Crippen LogP contribution in [0, 0.1) is 0 Å². The Kier molecular flexibility index (Phi) is 14.6. The zero-order valence-electron chi connectivity index (χ0n) is 29.8. The first kappa shape index (κ1) is 41.0. The fourth-order valence-corrected chi connectivity index (χ4v) is 4.53. The van der Waals surface area contributed by atoms with Crippen molar-refractivity contribution in [2.75, 3.05) is 26.4 Å². The van der Waals surface area contributed by atoms with Gasteiger partial charge in [0.15, 0.2) is 18.0 Å². The lowest BCUT2D eigenvalue weighted by Gasteiger charge is -2.40. The van der Waals surface area contributed by atoms with E-state index in [0.29, 0.717) is 0 Å².